The summed E-state index contributed by atoms with van der Waals surface area (Å²) in [5.41, 5.74) is 1.83. The highest BCUT2D eigenvalue weighted by Crippen LogP contribution is 2.41. The summed E-state index contributed by atoms with van der Waals surface area (Å²) in [7, 11) is -0.451. The zero-order chi connectivity index (χ0) is 23.8. The van der Waals surface area contributed by atoms with Crippen molar-refractivity contribution < 1.29 is 23.0 Å². The van der Waals surface area contributed by atoms with Gasteiger partial charge in [-0.2, -0.15) is 0 Å². The molecule has 3 atom stereocenters. The summed E-state index contributed by atoms with van der Waals surface area (Å²) in [6.07, 6.45) is 0. The van der Waals surface area contributed by atoms with Crippen LogP contribution in [0.25, 0.3) is 0 Å². The average molecular weight is 500 g/mol. The van der Waals surface area contributed by atoms with Crippen molar-refractivity contribution in [3.05, 3.63) is 62.1 Å². The van der Waals surface area contributed by atoms with Gasteiger partial charge in [-0.25, -0.2) is 4.39 Å². The maximum absolute atomic E-state index is 14.6. The highest BCUT2D eigenvalue weighted by molar-refractivity contribution is 7.85. The van der Waals surface area contributed by atoms with Crippen molar-refractivity contribution in [3.8, 4) is 0 Å². The number of oxime groups is 1. The molecule has 1 heterocycles. The number of ether oxygens (including phenoxy) is 1. The zero-order valence-electron chi connectivity index (χ0n) is 18.4. The maximum atomic E-state index is 14.6. The number of hydrogen-bond donors (Lipinski definition) is 0. The quantitative estimate of drug-likeness (QED) is 0.508. The van der Waals surface area contributed by atoms with Gasteiger partial charge in [0.05, 0.1) is 23.7 Å². The molecular formula is C23H24Cl2FNO4S. The minimum Gasteiger partial charge on any atom is -0.468 e. The molecule has 172 valence electrons. The van der Waals surface area contributed by atoms with Crippen LogP contribution < -0.4 is 0 Å². The lowest BCUT2D eigenvalue weighted by Gasteiger charge is -2.29. The largest absolute Gasteiger partial charge is 0.468 e. The van der Waals surface area contributed by atoms with Gasteiger partial charge in [0, 0.05) is 20.5 Å². The van der Waals surface area contributed by atoms with Crippen molar-refractivity contribution >= 4 is 45.7 Å². The second-order valence-corrected chi connectivity index (χ2v) is 10.1. The molecule has 1 aliphatic heterocycles. The molecule has 0 radical (unpaired) electrons. The van der Waals surface area contributed by atoms with Gasteiger partial charge in [-0.05, 0) is 56.5 Å². The molecule has 2 aromatic carbocycles. The normalized spacial score (nSPS) is 21.1. The summed E-state index contributed by atoms with van der Waals surface area (Å²) >= 11 is 12.9. The van der Waals surface area contributed by atoms with Gasteiger partial charge in [0.2, 0.25) is 0 Å². The maximum Gasteiger partial charge on any atom is 0.319 e. The molecule has 0 saturated carbocycles. The number of carbonyl (C=O) groups is 1. The van der Waals surface area contributed by atoms with Crippen LogP contribution in [0.1, 0.15) is 27.8 Å². The Balaban J connectivity index is 2.09. The Bertz CT molecular complexity index is 1090. The molecule has 1 aliphatic rings. The zero-order valence-corrected chi connectivity index (χ0v) is 20.8. The fourth-order valence-electron chi connectivity index (χ4n) is 3.92. The van der Waals surface area contributed by atoms with Crippen LogP contribution in [0.5, 0.6) is 0 Å². The number of hydrogen-bond acceptors (Lipinski definition) is 5. The van der Waals surface area contributed by atoms with Gasteiger partial charge in [0.25, 0.3) is 0 Å². The third-order valence-corrected chi connectivity index (χ3v) is 8.45. The molecule has 0 amide bonds. The molecule has 2 unspecified atom stereocenters. The summed E-state index contributed by atoms with van der Waals surface area (Å²) in [5, 5.41) is 4.94. The standard InChI is InChI=1S/C23H24Cl2FNO4S/c1-12-6-8-16(9-7-12)32(29)11-23(10-26)18(22(28)30-5)21(27-31-23)17-13(2)19(24)15(4)20(25)14(17)3/h6-9,18H,10-11H2,1-5H3/t18?,23?,32-/m1/s1. The summed E-state index contributed by atoms with van der Waals surface area (Å²) in [6.45, 7) is 6.14. The summed E-state index contributed by atoms with van der Waals surface area (Å²) in [5.74, 6) is -2.28. The van der Waals surface area contributed by atoms with E-state index in [1.54, 1.807) is 32.9 Å². The number of methoxy groups -OCH3 is 1. The number of benzene rings is 2. The molecule has 32 heavy (non-hydrogen) atoms. The van der Waals surface area contributed by atoms with Gasteiger partial charge < -0.3 is 9.57 Å². The molecule has 0 aromatic heterocycles. The number of nitrogens with zero attached hydrogens (tertiary/aromatic N) is 1. The first kappa shape index (κ1) is 24.7. The first-order valence-electron chi connectivity index (χ1n) is 9.88. The molecule has 0 saturated heterocycles. The number of alkyl halides is 1. The Labute approximate surface area is 199 Å². The molecule has 9 heteroatoms. The van der Waals surface area contributed by atoms with Gasteiger partial charge in [-0.3, -0.25) is 9.00 Å². The van der Waals surface area contributed by atoms with Crippen LogP contribution in [-0.4, -0.2) is 41.0 Å². The molecule has 0 spiro atoms. The summed E-state index contributed by atoms with van der Waals surface area (Å²) < 4.78 is 32.6. The Morgan fingerprint density at radius 1 is 1.12 bits per heavy atom. The minimum absolute atomic E-state index is 0.161. The van der Waals surface area contributed by atoms with Crippen LogP contribution in [0.15, 0.2) is 34.3 Å². The van der Waals surface area contributed by atoms with Gasteiger partial charge in [0.15, 0.2) is 5.60 Å². The molecule has 3 rings (SSSR count). The second-order valence-electron chi connectivity index (χ2n) is 7.90. The van der Waals surface area contributed by atoms with Crippen molar-refractivity contribution in [2.45, 2.75) is 38.2 Å². The Morgan fingerprint density at radius 3 is 2.19 bits per heavy atom. The first-order valence-corrected chi connectivity index (χ1v) is 12.0. The van der Waals surface area contributed by atoms with Crippen molar-refractivity contribution in [2.24, 2.45) is 11.1 Å². The molecule has 5 nitrogen and oxygen atoms in total. The summed E-state index contributed by atoms with van der Waals surface area (Å²) in [4.78, 5) is 18.9. The number of rotatable bonds is 6. The lowest BCUT2D eigenvalue weighted by molar-refractivity contribution is -0.151. The van der Waals surface area contributed by atoms with E-state index >= 15 is 0 Å². The van der Waals surface area contributed by atoms with Crippen LogP contribution in [0.2, 0.25) is 10.0 Å². The molecule has 0 bridgehead atoms. The van der Waals surface area contributed by atoms with E-state index in [9.17, 15) is 13.4 Å². The van der Waals surface area contributed by atoms with Gasteiger partial charge in [-0.15, -0.1) is 0 Å². The SMILES string of the molecule is COC(=O)C1C(c2c(C)c(Cl)c(C)c(Cl)c2C)=NOC1(CF)C[S@@](=O)c1ccc(C)cc1. The van der Waals surface area contributed by atoms with E-state index < -0.39 is 35.0 Å². The second kappa shape index (κ2) is 9.49. The minimum atomic E-state index is -1.79. The third-order valence-electron chi connectivity index (χ3n) is 5.77. The predicted octanol–water partition coefficient (Wildman–Crippen LogP) is 5.27. The number of halogens is 3. The Kier molecular flexibility index (Phi) is 7.32. The molecular weight excluding hydrogens is 476 g/mol. The van der Waals surface area contributed by atoms with E-state index in [1.807, 2.05) is 19.1 Å². The van der Waals surface area contributed by atoms with Gasteiger partial charge >= 0.3 is 5.97 Å². The highest BCUT2D eigenvalue weighted by atomic mass is 35.5. The van der Waals surface area contributed by atoms with E-state index in [4.69, 9.17) is 32.8 Å². The summed E-state index contributed by atoms with van der Waals surface area (Å²) in [6, 6.07) is 7.03. The fraction of sp³-hybridized carbons (Fsp3) is 0.391. The molecule has 0 aliphatic carbocycles. The number of carbonyl (C=O) groups excluding carboxylic acids is 1. The van der Waals surface area contributed by atoms with Crippen molar-refractivity contribution in [2.75, 3.05) is 19.5 Å². The van der Waals surface area contributed by atoms with E-state index in [1.165, 1.54) is 7.11 Å². The van der Waals surface area contributed by atoms with E-state index in [2.05, 4.69) is 5.16 Å². The van der Waals surface area contributed by atoms with Crippen LogP contribution in [0.3, 0.4) is 0 Å². The van der Waals surface area contributed by atoms with E-state index in [-0.39, 0.29) is 11.5 Å². The lowest BCUT2D eigenvalue weighted by atomic mass is 9.81. The smallest absolute Gasteiger partial charge is 0.319 e. The monoisotopic (exact) mass is 499 g/mol. The van der Waals surface area contributed by atoms with Crippen molar-refractivity contribution in [3.63, 3.8) is 0 Å². The van der Waals surface area contributed by atoms with E-state index in [0.717, 1.165) is 5.56 Å². The van der Waals surface area contributed by atoms with Crippen molar-refractivity contribution in [1.29, 1.82) is 0 Å². The van der Waals surface area contributed by atoms with Crippen LogP contribution in [0, 0.1) is 33.6 Å². The Hall–Kier alpha value is -1.96. The number of aryl methyl sites for hydroxylation is 1. The van der Waals surface area contributed by atoms with Crippen LogP contribution >= 0.6 is 23.2 Å². The molecule has 2 aromatic rings. The lowest BCUT2D eigenvalue weighted by Crippen LogP contribution is -2.50. The van der Waals surface area contributed by atoms with E-state index in [0.29, 0.717) is 37.2 Å². The Morgan fingerprint density at radius 2 is 1.69 bits per heavy atom. The van der Waals surface area contributed by atoms with Crippen LogP contribution in [0.4, 0.5) is 4.39 Å². The van der Waals surface area contributed by atoms with Gasteiger partial charge in [0.1, 0.15) is 18.3 Å². The average Bonchev–Trinajstić information content (AvgIpc) is 3.15. The topological polar surface area (TPSA) is 65.0 Å². The van der Waals surface area contributed by atoms with Crippen LogP contribution in [-0.2, 0) is 25.2 Å². The van der Waals surface area contributed by atoms with Gasteiger partial charge in [-0.1, -0.05) is 46.1 Å². The fourth-order valence-corrected chi connectivity index (χ4v) is 5.69. The highest BCUT2D eigenvalue weighted by Gasteiger charge is 2.56. The predicted molar refractivity (Wildman–Crippen MR) is 125 cm³/mol. The van der Waals surface area contributed by atoms with Crippen molar-refractivity contribution in [1.82, 2.24) is 0 Å². The molecule has 0 N–H and O–H groups in total. The number of esters is 1. The third kappa shape index (κ3) is 4.18. The first-order chi connectivity index (χ1) is 15.1. The molecule has 0 fully saturated rings.